The first-order valence-electron chi connectivity index (χ1n) is 13.9. The molecular weight excluding hydrogens is 552 g/mol. The molecule has 1 aromatic rings. The van der Waals surface area contributed by atoms with Crippen molar-refractivity contribution in [3.8, 4) is 18.4 Å². The van der Waals surface area contributed by atoms with Crippen LogP contribution in [0.4, 0.5) is 13.2 Å². The summed E-state index contributed by atoms with van der Waals surface area (Å²) in [7, 11) is -0.612. The molecule has 4 N–H and O–H groups in total. The number of likely N-dealkylation sites (tertiary alicyclic amines) is 1. The molecule has 234 valence electrons. The maximum absolute atomic E-state index is 12.4. The Morgan fingerprint density at radius 2 is 1.83 bits per heavy atom. The van der Waals surface area contributed by atoms with Gasteiger partial charge in [-0.15, -0.1) is 12.3 Å². The lowest BCUT2D eigenvalue weighted by atomic mass is 9.75. The number of rotatable bonds is 12. The molecule has 2 amide bonds. The maximum Gasteiger partial charge on any atom is 0.475 e. The van der Waals surface area contributed by atoms with Crippen molar-refractivity contribution in [3.63, 3.8) is 0 Å². The highest BCUT2D eigenvalue weighted by Gasteiger charge is 2.32. The van der Waals surface area contributed by atoms with Crippen molar-refractivity contribution in [2.45, 2.75) is 77.5 Å². The summed E-state index contributed by atoms with van der Waals surface area (Å²) in [5, 5.41) is 31.7. The van der Waals surface area contributed by atoms with Crippen molar-refractivity contribution in [2.24, 2.45) is 5.92 Å². The van der Waals surface area contributed by atoms with Crippen molar-refractivity contribution in [1.29, 1.82) is 5.26 Å². The minimum atomic E-state index is -4.48. The fourth-order valence-electron chi connectivity index (χ4n) is 3.76. The van der Waals surface area contributed by atoms with Crippen LogP contribution in [0, 0.1) is 29.6 Å². The van der Waals surface area contributed by atoms with Gasteiger partial charge in [0.15, 0.2) is 0 Å². The first-order valence-corrected chi connectivity index (χ1v) is 13.9. The summed E-state index contributed by atoms with van der Waals surface area (Å²) in [6.07, 6.45) is 4.55. The van der Waals surface area contributed by atoms with Gasteiger partial charge in [0.25, 0.3) is 0 Å². The molecular formula is C29H44BF3N4O5. The summed E-state index contributed by atoms with van der Waals surface area (Å²) < 4.78 is 41.8. The molecule has 1 aliphatic rings. The Bertz CT molecular complexity index is 1010. The van der Waals surface area contributed by atoms with Crippen LogP contribution in [0.2, 0.25) is 0 Å². The van der Waals surface area contributed by atoms with E-state index < -0.39 is 37.7 Å². The van der Waals surface area contributed by atoms with Gasteiger partial charge >= 0.3 is 13.3 Å². The molecule has 2 rings (SSSR count). The van der Waals surface area contributed by atoms with Crippen LogP contribution in [0.15, 0.2) is 24.3 Å². The number of hydrogen-bond donors (Lipinski definition) is 4. The lowest BCUT2D eigenvalue weighted by molar-refractivity contribution is -0.134. The Balaban J connectivity index is 0.000000851. The van der Waals surface area contributed by atoms with Crippen molar-refractivity contribution in [3.05, 3.63) is 35.4 Å². The lowest BCUT2D eigenvalue weighted by Gasteiger charge is -2.23. The van der Waals surface area contributed by atoms with E-state index in [0.29, 0.717) is 5.92 Å². The van der Waals surface area contributed by atoms with Gasteiger partial charge in [-0.2, -0.15) is 18.4 Å². The van der Waals surface area contributed by atoms with E-state index in [4.69, 9.17) is 16.4 Å². The fourth-order valence-corrected chi connectivity index (χ4v) is 3.76. The molecule has 1 fully saturated rings. The Morgan fingerprint density at radius 3 is 2.29 bits per heavy atom. The second-order valence-corrected chi connectivity index (χ2v) is 10.1. The van der Waals surface area contributed by atoms with Crippen LogP contribution >= 0.6 is 0 Å². The van der Waals surface area contributed by atoms with Crippen molar-refractivity contribution in [2.75, 3.05) is 33.4 Å². The molecule has 0 aliphatic carbocycles. The number of methoxy groups -OCH3 is 1. The average molecular weight is 596 g/mol. The smallest absolute Gasteiger partial charge is 0.426 e. The number of halogens is 3. The number of alkyl halides is 3. The number of benzene rings is 1. The van der Waals surface area contributed by atoms with Gasteiger partial charge in [-0.05, 0) is 42.7 Å². The molecule has 0 radical (unpaired) electrons. The monoisotopic (exact) mass is 596 g/mol. The van der Waals surface area contributed by atoms with Gasteiger partial charge in [0, 0.05) is 26.6 Å². The number of carbonyl (C=O) groups is 2. The van der Waals surface area contributed by atoms with Crippen LogP contribution in [0.25, 0.3) is 0 Å². The molecule has 2 unspecified atom stereocenters. The summed E-state index contributed by atoms with van der Waals surface area (Å²) in [6.45, 7) is 6.24. The second kappa shape index (κ2) is 21.6. The summed E-state index contributed by atoms with van der Waals surface area (Å²) in [6, 6.07) is 7.96. The minimum absolute atomic E-state index is 0.0139. The number of nitrogens with one attached hydrogen (secondary N) is 2. The molecule has 0 spiro atoms. The summed E-state index contributed by atoms with van der Waals surface area (Å²) in [5.41, 5.74) is 1.82. The topological polar surface area (TPSA) is 135 Å². The quantitative estimate of drug-likeness (QED) is 0.215. The predicted octanol–water partition coefficient (Wildman–Crippen LogP) is 2.64. The van der Waals surface area contributed by atoms with Gasteiger partial charge in [-0.1, -0.05) is 45.0 Å². The molecule has 13 heteroatoms. The summed E-state index contributed by atoms with van der Waals surface area (Å²) >= 11 is 0. The van der Waals surface area contributed by atoms with E-state index in [2.05, 4.69) is 30.4 Å². The number of terminal acetylenes is 1. The van der Waals surface area contributed by atoms with E-state index in [9.17, 15) is 32.8 Å². The van der Waals surface area contributed by atoms with Crippen LogP contribution in [-0.4, -0.2) is 85.4 Å². The van der Waals surface area contributed by atoms with Gasteiger partial charge in [-0.3, -0.25) is 14.9 Å². The minimum Gasteiger partial charge on any atom is -0.426 e. The van der Waals surface area contributed by atoms with Gasteiger partial charge in [0.2, 0.25) is 11.8 Å². The van der Waals surface area contributed by atoms with Gasteiger partial charge in [0.05, 0.1) is 25.2 Å². The van der Waals surface area contributed by atoms with Crippen LogP contribution < -0.4 is 10.6 Å². The molecule has 0 bridgehead atoms. The SMILES string of the molecule is C#CCC(C)C.CCc1cccc(CC(NC(=O)C(COC)NCC(F)(F)F)B(O)O)c1.N#CCC(=O)N1CCCC1. The Kier molecular flexibility index (Phi) is 20.0. The molecule has 2 atom stereocenters. The molecule has 42 heavy (non-hydrogen) atoms. The number of ether oxygens (including phenoxy) is 1. The zero-order valence-electron chi connectivity index (χ0n) is 24.9. The second-order valence-electron chi connectivity index (χ2n) is 10.1. The normalized spacial score (nSPS) is 13.9. The molecule has 1 heterocycles. The zero-order valence-corrected chi connectivity index (χ0v) is 24.9. The summed E-state index contributed by atoms with van der Waals surface area (Å²) in [5.74, 6) is 1.34. The molecule has 1 aliphatic heterocycles. The van der Waals surface area contributed by atoms with Crippen LogP contribution in [0.3, 0.4) is 0 Å². The number of aryl methyl sites for hydroxylation is 1. The molecule has 1 saturated heterocycles. The Hall–Kier alpha value is -3.10. The number of amides is 2. The van der Waals surface area contributed by atoms with E-state index in [-0.39, 0.29) is 25.4 Å². The molecule has 9 nitrogen and oxygen atoms in total. The summed E-state index contributed by atoms with van der Waals surface area (Å²) in [4.78, 5) is 24.9. The van der Waals surface area contributed by atoms with E-state index in [0.717, 1.165) is 49.9 Å². The van der Waals surface area contributed by atoms with Crippen molar-refractivity contribution in [1.82, 2.24) is 15.5 Å². The average Bonchev–Trinajstić information content (AvgIpc) is 3.46. The standard InChI is InChI=1S/C16H24BF3N2O4.C7H10N2O.C6H10/c1-3-11-5-4-6-12(7-11)8-14(17(24)25)22-15(23)13(9-26-2)21-10-16(18,19)20;8-4-3-7(10)9-5-1-2-6-9;1-4-5-6(2)3/h4-7,13-14,21,24-25H,3,8-10H2,1-2H3,(H,22,23);1-3,5-6H2;1,6H,5H2,2-3H3. The Labute approximate surface area is 247 Å². The first kappa shape index (κ1) is 38.9. The van der Waals surface area contributed by atoms with Gasteiger partial charge in [-0.25, -0.2) is 0 Å². The van der Waals surface area contributed by atoms with Crippen LogP contribution in [0.1, 0.15) is 57.6 Å². The number of nitrogens with zero attached hydrogens (tertiary/aromatic N) is 2. The number of carbonyl (C=O) groups excluding carboxylic acids is 2. The van der Waals surface area contributed by atoms with Crippen LogP contribution in [-0.2, 0) is 27.2 Å². The van der Waals surface area contributed by atoms with Crippen molar-refractivity contribution >= 4 is 18.9 Å². The van der Waals surface area contributed by atoms with Gasteiger partial charge < -0.3 is 25.0 Å². The maximum atomic E-state index is 12.4. The van der Waals surface area contributed by atoms with Gasteiger partial charge in [0.1, 0.15) is 12.5 Å². The van der Waals surface area contributed by atoms with Crippen molar-refractivity contribution < 1.29 is 37.5 Å². The third kappa shape index (κ3) is 18.4. The zero-order chi connectivity index (χ0) is 32.1. The van der Waals surface area contributed by atoms with E-state index in [1.54, 1.807) is 11.0 Å². The fraction of sp³-hybridized carbons (Fsp3) is 0.621. The third-order valence-corrected chi connectivity index (χ3v) is 5.96. The Morgan fingerprint density at radius 1 is 1.21 bits per heavy atom. The van der Waals surface area contributed by atoms with E-state index in [1.165, 1.54) is 7.11 Å². The lowest BCUT2D eigenvalue weighted by Crippen LogP contribution is -2.56. The van der Waals surface area contributed by atoms with Crippen LogP contribution in [0.5, 0.6) is 0 Å². The first-order chi connectivity index (χ1) is 19.8. The number of nitriles is 1. The molecule has 0 saturated carbocycles. The molecule has 1 aromatic carbocycles. The number of hydrogen-bond acceptors (Lipinski definition) is 7. The highest BCUT2D eigenvalue weighted by atomic mass is 19.4. The highest BCUT2D eigenvalue weighted by Crippen LogP contribution is 2.13. The predicted molar refractivity (Wildman–Crippen MR) is 156 cm³/mol. The molecule has 0 aromatic heterocycles. The van der Waals surface area contributed by atoms with E-state index >= 15 is 0 Å². The largest absolute Gasteiger partial charge is 0.475 e. The highest BCUT2D eigenvalue weighted by molar-refractivity contribution is 6.43. The van der Waals surface area contributed by atoms with E-state index in [1.807, 2.05) is 31.2 Å². The third-order valence-electron chi connectivity index (χ3n) is 5.96.